The van der Waals surface area contributed by atoms with E-state index in [0.29, 0.717) is 6.54 Å². The van der Waals surface area contributed by atoms with E-state index in [0.717, 1.165) is 12.8 Å². The molecule has 1 fully saturated rings. The van der Waals surface area contributed by atoms with Crippen LogP contribution in [0.25, 0.3) is 11.2 Å². The van der Waals surface area contributed by atoms with Gasteiger partial charge in [0.05, 0.1) is 18.8 Å². The molecule has 0 aromatic carbocycles. The largest absolute Gasteiger partial charge is 0.493 e. The van der Waals surface area contributed by atoms with E-state index >= 15 is 0 Å². The van der Waals surface area contributed by atoms with Crippen molar-refractivity contribution in [2.45, 2.75) is 50.4 Å². The predicted molar refractivity (Wildman–Crippen MR) is 110 cm³/mol. The molecule has 2 aliphatic rings. The Bertz CT molecular complexity index is 1010. The molecule has 2 aliphatic heterocycles. The van der Waals surface area contributed by atoms with Crippen LogP contribution in [0.1, 0.15) is 26.0 Å². The highest BCUT2D eigenvalue weighted by molar-refractivity contribution is 5.83. The molecule has 0 saturated carbocycles. The Balaban J connectivity index is 1.57. The van der Waals surface area contributed by atoms with Crippen LogP contribution in [0.2, 0.25) is 0 Å². The van der Waals surface area contributed by atoms with E-state index in [1.165, 1.54) is 10.9 Å². The lowest BCUT2D eigenvalue weighted by atomic mass is 10.1. The van der Waals surface area contributed by atoms with Gasteiger partial charge in [0.25, 0.3) is 5.91 Å². The number of hydrogen-bond donors (Lipinski definition) is 5. The maximum Gasteiger partial charge on any atom is 0.252 e. The quantitative estimate of drug-likeness (QED) is 0.288. The number of ether oxygens (including phenoxy) is 2. The van der Waals surface area contributed by atoms with Crippen molar-refractivity contribution in [3.63, 3.8) is 0 Å². The molecule has 0 aliphatic carbocycles. The molecule has 13 nitrogen and oxygen atoms in total. The maximum absolute atomic E-state index is 12.1. The minimum Gasteiger partial charge on any atom is -0.493 e. The van der Waals surface area contributed by atoms with Crippen LogP contribution in [0, 0.1) is 0 Å². The van der Waals surface area contributed by atoms with Crippen LogP contribution >= 0.6 is 0 Å². The zero-order valence-electron chi connectivity index (χ0n) is 16.8. The number of likely N-dealkylation sites (N-methyl/N-ethyl adjacent to an activating group) is 1. The molecule has 0 radical (unpaired) electrons. The summed E-state index contributed by atoms with van der Waals surface area (Å²) in [7, 11) is 0. The third-order valence-corrected chi connectivity index (χ3v) is 4.94. The minimum absolute atomic E-state index is 0.0895. The first-order valence-corrected chi connectivity index (χ1v) is 9.88. The summed E-state index contributed by atoms with van der Waals surface area (Å²) < 4.78 is 12.4. The number of nitrogens with two attached hydrogens (primary N) is 1. The van der Waals surface area contributed by atoms with Gasteiger partial charge >= 0.3 is 0 Å². The van der Waals surface area contributed by atoms with Crippen LogP contribution in [-0.2, 0) is 14.3 Å². The van der Waals surface area contributed by atoms with Crippen molar-refractivity contribution in [2.75, 3.05) is 17.7 Å². The van der Waals surface area contributed by atoms with E-state index in [4.69, 9.17) is 15.2 Å². The fourth-order valence-corrected chi connectivity index (χ4v) is 3.40. The summed E-state index contributed by atoms with van der Waals surface area (Å²) in [6.45, 7) is 2.10. The molecule has 2 aromatic rings. The first-order chi connectivity index (χ1) is 15.0. The van der Waals surface area contributed by atoms with Crippen molar-refractivity contribution < 1.29 is 24.5 Å². The number of hydrazone groups is 1. The van der Waals surface area contributed by atoms with Crippen LogP contribution < -0.4 is 16.5 Å². The number of fused-ring (bicyclic) bond motifs is 1. The van der Waals surface area contributed by atoms with Crippen molar-refractivity contribution in [2.24, 2.45) is 5.10 Å². The Morgan fingerprint density at radius 3 is 3.00 bits per heavy atom. The maximum atomic E-state index is 12.1. The topological polar surface area (TPSA) is 182 Å². The van der Waals surface area contributed by atoms with Gasteiger partial charge in [0.1, 0.15) is 23.8 Å². The summed E-state index contributed by atoms with van der Waals surface area (Å²) >= 11 is 0. The van der Waals surface area contributed by atoms with Crippen LogP contribution in [0.4, 0.5) is 11.8 Å². The first kappa shape index (κ1) is 21.0. The number of rotatable bonds is 6. The Kier molecular flexibility index (Phi) is 5.97. The Hall–Kier alpha value is -3.29. The molecule has 4 heterocycles. The Morgan fingerprint density at radius 2 is 2.26 bits per heavy atom. The number of nitrogens with zero attached hydrogens (tertiary/aromatic N) is 5. The standard InChI is InChI=1S/C18H24N8O5/c1-2-20-16(29)13-11(27)12(28)17(31-13)26-8-21-10-14(19)23-18(24-15(10)26)25-22-7-9-5-3-4-6-30-9/h4,6-9,11-13,17,27-28H,2-3,5H2,1H3,(H,20,29)(H3,19,23,24,25)/b22-7+/t9?,11-,12+,13-,17+/m0/s1. The fraction of sp³-hybridized carbons (Fsp3) is 0.500. The number of hydrogen-bond acceptors (Lipinski definition) is 11. The molecular weight excluding hydrogens is 408 g/mol. The van der Waals surface area contributed by atoms with Gasteiger partial charge in [-0.05, 0) is 25.8 Å². The number of carbonyl (C=O) groups excluding carboxylic acids is 1. The highest BCUT2D eigenvalue weighted by atomic mass is 16.6. The molecule has 1 unspecified atom stereocenters. The molecule has 166 valence electrons. The van der Waals surface area contributed by atoms with E-state index in [1.54, 1.807) is 19.4 Å². The predicted octanol–water partition coefficient (Wildman–Crippen LogP) is -0.746. The second-order valence-electron chi connectivity index (χ2n) is 7.09. The number of allylic oxidation sites excluding steroid dienone is 1. The van der Waals surface area contributed by atoms with Gasteiger partial charge in [0.2, 0.25) is 5.95 Å². The first-order valence-electron chi connectivity index (χ1n) is 9.88. The number of aromatic nitrogens is 4. The third kappa shape index (κ3) is 4.15. The molecule has 1 saturated heterocycles. The molecule has 13 heteroatoms. The fourth-order valence-electron chi connectivity index (χ4n) is 3.40. The highest BCUT2D eigenvalue weighted by Gasteiger charge is 2.47. The van der Waals surface area contributed by atoms with Gasteiger partial charge in [0, 0.05) is 6.54 Å². The lowest BCUT2D eigenvalue weighted by Crippen LogP contribution is -2.42. The zero-order chi connectivity index (χ0) is 22.0. The van der Waals surface area contributed by atoms with E-state index in [1.807, 2.05) is 6.08 Å². The molecule has 4 rings (SSSR count). The number of anilines is 2. The van der Waals surface area contributed by atoms with Crippen LogP contribution in [0.3, 0.4) is 0 Å². The number of nitrogens with one attached hydrogen (secondary N) is 2. The SMILES string of the molecule is CCNC(=O)[C@H]1O[C@@H](n2cnc3c(N)nc(N/N=C/C4CCC=CO4)nc32)[C@H](O)[C@@H]1O. The summed E-state index contributed by atoms with van der Waals surface area (Å²) in [4.78, 5) is 24.8. The summed E-state index contributed by atoms with van der Waals surface area (Å²) in [5.41, 5.74) is 9.22. The van der Waals surface area contributed by atoms with Crippen molar-refractivity contribution in [3.05, 3.63) is 18.7 Å². The second kappa shape index (κ2) is 8.83. The molecule has 31 heavy (non-hydrogen) atoms. The summed E-state index contributed by atoms with van der Waals surface area (Å²) in [5.74, 6) is -0.333. The third-order valence-electron chi connectivity index (χ3n) is 4.94. The van der Waals surface area contributed by atoms with E-state index in [-0.39, 0.29) is 29.0 Å². The minimum atomic E-state index is -1.42. The molecular formula is C18H24N8O5. The smallest absolute Gasteiger partial charge is 0.252 e. The van der Waals surface area contributed by atoms with E-state index in [9.17, 15) is 15.0 Å². The van der Waals surface area contributed by atoms with Gasteiger partial charge < -0.3 is 30.7 Å². The molecule has 0 spiro atoms. The number of aliphatic hydroxyl groups excluding tert-OH is 2. The number of imidazole rings is 1. The second-order valence-corrected chi connectivity index (χ2v) is 7.09. The lowest BCUT2D eigenvalue weighted by molar-refractivity contribution is -0.137. The van der Waals surface area contributed by atoms with Crippen molar-refractivity contribution in [3.8, 4) is 0 Å². The highest BCUT2D eigenvalue weighted by Crippen LogP contribution is 2.32. The van der Waals surface area contributed by atoms with Crippen molar-refractivity contribution in [1.29, 1.82) is 0 Å². The van der Waals surface area contributed by atoms with Gasteiger partial charge in [-0.25, -0.2) is 10.4 Å². The molecule has 2 aromatic heterocycles. The molecule has 5 atom stereocenters. The normalized spacial score (nSPS) is 28.2. The Morgan fingerprint density at radius 1 is 1.42 bits per heavy atom. The average molecular weight is 432 g/mol. The Labute approximate surface area is 177 Å². The number of nitrogen functional groups attached to an aromatic ring is 1. The monoisotopic (exact) mass is 432 g/mol. The van der Waals surface area contributed by atoms with E-state index < -0.39 is 30.4 Å². The summed E-state index contributed by atoms with van der Waals surface area (Å²) in [6, 6.07) is 0. The van der Waals surface area contributed by atoms with Crippen LogP contribution in [0.5, 0.6) is 0 Å². The number of carbonyl (C=O) groups is 1. The van der Waals surface area contributed by atoms with Gasteiger partial charge in [0.15, 0.2) is 23.8 Å². The average Bonchev–Trinajstić information content (AvgIpc) is 3.31. The lowest BCUT2D eigenvalue weighted by Gasteiger charge is -2.16. The zero-order valence-corrected chi connectivity index (χ0v) is 16.8. The van der Waals surface area contributed by atoms with Gasteiger partial charge in [-0.2, -0.15) is 15.1 Å². The van der Waals surface area contributed by atoms with Gasteiger partial charge in [-0.3, -0.25) is 9.36 Å². The summed E-state index contributed by atoms with van der Waals surface area (Å²) in [6.07, 6.45) is 2.95. The molecule has 0 bridgehead atoms. The van der Waals surface area contributed by atoms with Crippen molar-refractivity contribution in [1.82, 2.24) is 24.8 Å². The molecule has 6 N–H and O–H groups in total. The van der Waals surface area contributed by atoms with Crippen LogP contribution in [-0.4, -0.2) is 72.8 Å². The van der Waals surface area contributed by atoms with Crippen LogP contribution in [0.15, 0.2) is 23.8 Å². The molecule has 1 amide bonds. The number of amides is 1. The number of aliphatic hydroxyl groups is 2. The van der Waals surface area contributed by atoms with Gasteiger partial charge in [-0.1, -0.05) is 0 Å². The summed E-state index contributed by atoms with van der Waals surface area (Å²) in [5, 5.41) is 27.4. The van der Waals surface area contributed by atoms with Gasteiger partial charge in [-0.15, -0.1) is 0 Å². The van der Waals surface area contributed by atoms with Crippen molar-refractivity contribution >= 4 is 35.1 Å². The van der Waals surface area contributed by atoms with E-state index in [2.05, 4.69) is 30.8 Å².